The number of hydrogen-bond donors (Lipinski definition) is 0. The van der Waals surface area contributed by atoms with Crippen molar-refractivity contribution in [3.05, 3.63) is 0 Å². The molecule has 3 nitrogen and oxygen atoms in total. The van der Waals surface area contributed by atoms with Gasteiger partial charge >= 0.3 is 5.97 Å². The van der Waals surface area contributed by atoms with Gasteiger partial charge in [0, 0.05) is 6.92 Å². The third-order valence-corrected chi connectivity index (χ3v) is 0.796. The monoisotopic (exact) mass is 146 g/mol. The zero-order valence-electron chi connectivity index (χ0n) is 6.88. The van der Waals surface area contributed by atoms with Crippen LogP contribution in [-0.2, 0) is 14.3 Å². The first-order valence-corrected chi connectivity index (χ1v) is 3.35. The predicted octanol–water partition coefficient (Wildman–Crippen LogP) is 1.32. The number of ether oxygens (including phenoxy) is 2. The minimum atomic E-state index is -0.433. The topological polar surface area (TPSA) is 35.5 Å². The van der Waals surface area contributed by atoms with E-state index >= 15 is 0 Å². The molecular formula is C7H14O3. The minimum absolute atomic E-state index is 0.0920. The third kappa shape index (κ3) is 5.56. The predicted molar refractivity (Wildman–Crippen MR) is 37.4 cm³/mol. The molecule has 0 bridgehead atoms. The highest BCUT2D eigenvalue weighted by Crippen LogP contribution is 1.98. The molecule has 1 atom stereocenters. The molecule has 1 unspecified atom stereocenters. The van der Waals surface area contributed by atoms with E-state index in [1.807, 2.05) is 13.8 Å². The average molecular weight is 146 g/mol. The maximum atomic E-state index is 10.3. The molecule has 0 heterocycles. The standard InChI is InChI=1S/C7H14O3/c1-5(2)9-7(4)10-6(3)8/h5,7H,1-4H3. The van der Waals surface area contributed by atoms with Crippen LogP contribution in [0, 0.1) is 0 Å². The van der Waals surface area contributed by atoms with Crippen LogP contribution in [0.3, 0.4) is 0 Å². The Labute approximate surface area is 61.3 Å². The highest BCUT2D eigenvalue weighted by atomic mass is 16.7. The summed E-state index contributed by atoms with van der Waals surface area (Å²) >= 11 is 0. The van der Waals surface area contributed by atoms with Gasteiger partial charge in [0.1, 0.15) is 0 Å². The lowest BCUT2D eigenvalue weighted by atomic mass is 10.5. The fraction of sp³-hybridized carbons (Fsp3) is 0.857. The second-order valence-electron chi connectivity index (χ2n) is 2.36. The summed E-state index contributed by atoms with van der Waals surface area (Å²) in [6.07, 6.45) is -0.341. The Balaban J connectivity index is 3.43. The molecule has 0 saturated carbocycles. The van der Waals surface area contributed by atoms with Crippen LogP contribution in [0.5, 0.6) is 0 Å². The van der Waals surface area contributed by atoms with E-state index in [0.717, 1.165) is 0 Å². The Morgan fingerprint density at radius 2 is 1.80 bits per heavy atom. The molecule has 0 aliphatic carbocycles. The number of carbonyl (C=O) groups is 1. The molecule has 3 heteroatoms. The Bertz CT molecular complexity index is 109. The highest BCUT2D eigenvalue weighted by Gasteiger charge is 2.05. The molecule has 60 valence electrons. The number of carbonyl (C=O) groups excluding carboxylic acids is 1. The SMILES string of the molecule is CC(=O)OC(C)OC(C)C. The molecule has 0 amide bonds. The van der Waals surface area contributed by atoms with Crippen LogP contribution >= 0.6 is 0 Å². The van der Waals surface area contributed by atoms with Gasteiger partial charge < -0.3 is 9.47 Å². The third-order valence-electron chi connectivity index (χ3n) is 0.796. The van der Waals surface area contributed by atoms with Crippen LogP contribution in [-0.4, -0.2) is 18.4 Å². The van der Waals surface area contributed by atoms with Crippen molar-refractivity contribution < 1.29 is 14.3 Å². The van der Waals surface area contributed by atoms with Crippen LogP contribution in [0.4, 0.5) is 0 Å². The van der Waals surface area contributed by atoms with Crippen LogP contribution in [0.2, 0.25) is 0 Å². The quantitative estimate of drug-likeness (QED) is 0.445. The van der Waals surface area contributed by atoms with Crippen molar-refractivity contribution in [1.29, 1.82) is 0 Å². The molecule has 0 radical (unpaired) electrons. The van der Waals surface area contributed by atoms with Gasteiger partial charge in [0.2, 0.25) is 0 Å². The summed E-state index contributed by atoms with van der Waals surface area (Å²) in [5.41, 5.74) is 0. The Morgan fingerprint density at radius 3 is 2.10 bits per heavy atom. The van der Waals surface area contributed by atoms with E-state index in [2.05, 4.69) is 0 Å². The molecule has 0 aromatic carbocycles. The number of rotatable bonds is 3. The molecule has 0 aromatic rings. The highest BCUT2D eigenvalue weighted by molar-refractivity contribution is 5.65. The maximum absolute atomic E-state index is 10.3. The molecule has 0 saturated heterocycles. The summed E-state index contributed by atoms with van der Waals surface area (Å²) in [6, 6.07) is 0. The van der Waals surface area contributed by atoms with E-state index in [-0.39, 0.29) is 12.1 Å². The Morgan fingerprint density at radius 1 is 1.30 bits per heavy atom. The van der Waals surface area contributed by atoms with E-state index in [1.54, 1.807) is 6.92 Å². The Hall–Kier alpha value is -0.570. The minimum Gasteiger partial charge on any atom is -0.436 e. The fourth-order valence-electron chi connectivity index (χ4n) is 0.645. The number of esters is 1. The lowest BCUT2D eigenvalue weighted by Gasteiger charge is -2.14. The van der Waals surface area contributed by atoms with Gasteiger partial charge in [0.05, 0.1) is 6.10 Å². The van der Waals surface area contributed by atoms with Crippen molar-refractivity contribution in [2.45, 2.75) is 40.1 Å². The summed E-state index contributed by atoms with van der Waals surface area (Å²) in [7, 11) is 0. The second kappa shape index (κ2) is 4.28. The normalized spacial score (nSPS) is 13.3. The molecular weight excluding hydrogens is 132 g/mol. The second-order valence-corrected chi connectivity index (χ2v) is 2.36. The summed E-state index contributed by atoms with van der Waals surface area (Å²) in [6.45, 7) is 6.83. The summed E-state index contributed by atoms with van der Waals surface area (Å²) in [5, 5.41) is 0. The van der Waals surface area contributed by atoms with Gasteiger partial charge in [-0.25, -0.2) is 0 Å². The van der Waals surface area contributed by atoms with E-state index in [4.69, 9.17) is 9.47 Å². The first-order chi connectivity index (χ1) is 4.52. The molecule has 0 N–H and O–H groups in total. The maximum Gasteiger partial charge on any atom is 0.304 e. The van der Waals surface area contributed by atoms with Crippen molar-refractivity contribution in [2.24, 2.45) is 0 Å². The number of hydrogen-bond acceptors (Lipinski definition) is 3. The lowest BCUT2D eigenvalue weighted by molar-refractivity contribution is -0.178. The van der Waals surface area contributed by atoms with Gasteiger partial charge in [-0.2, -0.15) is 0 Å². The summed E-state index contributed by atoms with van der Waals surface area (Å²) in [5.74, 6) is -0.312. The van der Waals surface area contributed by atoms with Crippen LogP contribution in [0.1, 0.15) is 27.7 Å². The molecule has 0 spiro atoms. The molecule has 0 aliphatic heterocycles. The first-order valence-electron chi connectivity index (χ1n) is 3.35. The summed E-state index contributed by atoms with van der Waals surface area (Å²) in [4.78, 5) is 10.3. The van der Waals surface area contributed by atoms with Crippen molar-refractivity contribution in [2.75, 3.05) is 0 Å². The van der Waals surface area contributed by atoms with Gasteiger partial charge in [0.25, 0.3) is 0 Å². The van der Waals surface area contributed by atoms with Gasteiger partial charge in [-0.05, 0) is 20.8 Å². The zero-order valence-corrected chi connectivity index (χ0v) is 6.88. The van der Waals surface area contributed by atoms with Crippen molar-refractivity contribution in [3.63, 3.8) is 0 Å². The van der Waals surface area contributed by atoms with E-state index < -0.39 is 6.29 Å². The van der Waals surface area contributed by atoms with Crippen LogP contribution in [0.25, 0.3) is 0 Å². The smallest absolute Gasteiger partial charge is 0.304 e. The Kier molecular flexibility index (Phi) is 4.03. The molecule has 0 aliphatic rings. The van der Waals surface area contributed by atoms with Gasteiger partial charge in [0.15, 0.2) is 6.29 Å². The first kappa shape index (κ1) is 9.43. The van der Waals surface area contributed by atoms with Crippen molar-refractivity contribution in [1.82, 2.24) is 0 Å². The molecule has 10 heavy (non-hydrogen) atoms. The van der Waals surface area contributed by atoms with Crippen molar-refractivity contribution in [3.8, 4) is 0 Å². The summed E-state index contributed by atoms with van der Waals surface area (Å²) < 4.78 is 9.82. The molecule has 0 fully saturated rings. The fourth-order valence-corrected chi connectivity index (χ4v) is 0.645. The zero-order chi connectivity index (χ0) is 8.15. The van der Waals surface area contributed by atoms with Crippen molar-refractivity contribution >= 4 is 5.97 Å². The van der Waals surface area contributed by atoms with Gasteiger partial charge in [-0.3, -0.25) is 4.79 Å². The van der Waals surface area contributed by atoms with E-state index in [1.165, 1.54) is 6.92 Å². The average Bonchev–Trinajstić information content (AvgIpc) is 1.58. The van der Waals surface area contributed by atoms with Gasteiger partial charge in [-0.15, -0.1) is 0 Å². The van der Waals surface area contributed by atoms with E-state index in [0.29, 0.717) is 0 Å². The molecule has 0 aromatic heterocycles. The van der Waals surface area contributed by atoms with Crippen LogP contribution < -0.4 is 0 Å². The largest absolute Gasteiger partial charge is 0.436 e. The lowest BCUT2D eigenvalue weighted by Crippen LogP contribution is -2.19. The molecule has 0 rings (SSSR count). The van der Waals surface area contributed by atoms with Crippen LogP contribution in [0.15, 0.2) is 0 Å². The van der Waals surface area contributed by atoms with E-state index in [9.17, 15) is 4.79 Å². The van der Waals surface area contributed by atoms with Gasteiger partial charge in [-0.1, -0.05) is 0 Å².